The minimum absolute atomic E-state index is 0.0252. The summed E-state index contributed by atoms with van der Waals surface area (Å²) in [7, 11) is -3.78. The topological polar surface area (TPSA) is 98.1 Å². The maximum absolute atomic E-state index is 13.2. The first-order chi connectivity index (χ1) is 15.9. The molecule has 2 aromatic carbocycles. The molecule has 8 nitrogen and oxygen atoms in total. The van der Waals surface area contributed by atoms with Crippen molar-refractivity contribution in [1.29, 1.82) is 0 Å². The van der Waals surface area contributed by atoms with Gasteiger partial charge in [0.25, 0.3) is 0 Å². The molecule has 1 fully saturated rings. The summed E-state index contributed by atoms with van der Waals surface area (Å²) < 4.78 is 57.0. The van der Waals surface area contributed by atoms with Crippen molar-refractivity contribution in [3.05, 3.63) is 72.4 Å². The van der Waals surface area contributed by atoms with Crippen LogP contribution >= 0.6 is 0 Å². The first kappa shape index (κ1) is 23.0. The van der Waals surface area contributed by atoms with Crippen molar-refractivity contribution in [1.82, 2.24) is 4.31 Å². The molecule has 1 amide bonds. The van der Waals surface area contributed by atoms with Gasteiger partial charge in [-0.3, -0.25) is 4.79 Å². The molecule has 4 rings (SSSR count). The third kappa shape index (κ3) is 5.78. The maximum Gasteiger partial charge on any atom is 0.243 e. The number of furan rings is 1. The largest absolute Gasteiger partial charge is 0.469 e. The number of halogens is 1. The van der Waals surface area contributed by atoms with Crippen molar-refractivity contribution in [3.63, 3.8) is 0 Å². The van der Waals surface area contributed by atoms with Gasteiger partial charge in [-0.2, -0.15) is 4.31 Å². The Kier molecular flexibility index (Phi) is 7.07. The lowest BCUT2D eigenvalue weighted by Crippen LogP contribution is -2.40. The Balaban J connectivity index is 1.59. The minimum Gasteiger partial charge on any atom is -0.469 e. The van der Waals surface area contributed by atoms with E-state index in [1.807, 2.05) is 0 Å². The molecular formula is C23H23FN2O6S. The van der Waals surface area contributed by atoms with Crippen LogP contribution < -0.4 is 10.1 Å². The van der Waals surface area contributed by atoms with Crippen molar-refractivity contribution >= 4 is 21.6 Å². The lowest BCUT2D eigenvalue weighted by Gasteiger charge is -2.26. The molecule has 0 aliphatic carbocycles. The van der Waals surface area contributed by atoms with E-state index >= 15 is 0 Å². The number of sulfonamides is 1. The van der Waals surface area contributed by atoms with E-state index in [1.54, 1.807) is 12.1 Å². The molecule has 1 aromatic heterocycles. The Hall–Kier alpha value is -3.21. The number of amides is 1. The molecule has 3 aromatic rings. The quantitative estimate of drug-likeness (QED) is 0.533. The Bertz CT molecular complexity index is 1190. The average Bonchev–Trinajstić information content (AvgIpc) is 3.34. The van der Waals surface area contributed by atoms with E-state index in [-0.39, 0.29) is 41.7 Å². The average molecular weight is 475 g/mol. The number of hydrogen-bond acceptors (Lipinski definition) is 6. The Morgan fingerprint density at radius 1 is 1.09 bits per heavy atom. The van der Waals surface area contributed by atoms with Crippen LogP contribution in [0.3, 0.4) is 0 Å². The van der Waals surface area contributed by atoms with E-state index in [4.69, 9.17) is 13.9 Å². The zero-order valence-electron chi connectivity index (χ0n) is 17.7. The standard InChI is InChI=1S/C23H23FN2O6S/c24-17-3-5-19(6-4-17)32-22-9-8-20(33(28,29)26-11-14-30-15-12-26)16-21(22)25-23(27)10-7-18-2-1-13-31-18/h1-6,8-9,13,16H,7,10-12,14-15H2,(H,25,27). The third-order valence-corrected chi connectivity index (χ3v) is 6.95. The zero-order chi connectivity index (χ0) is 23.3. The van der Waals surface area contributed by atoms with Crippen LogP contribution in [0.4, 0.5) is 10.1 Å². The van der Waals surface area contributed by atoms with Crippen molar-refractivity contribution < 1.29 is 31.5 Å². The highest BCUT2D eigenvalue weighted by Crippen LogP contribution is 2.33. The number of rotatable bonds is 8. The summed E-state index contributed by atoms with van der Waals surface area (Å²) in [4.78, 5) is 12.6. The summed E-state index contributed by atoms with van der Waals surface area (Å²) in [5.41, 5.74) is 0.193. The summed E-state index contributed by atoms with van der Waals surface area (Å²) in [6, 6.07) is 13.1. The molecule has 1 N–H and O–H groups in total. The Morgan fingerprint density at radius 2 is 1.85 bits per heavy atom. The number of aryl methyl sites for hydroxylation is 1. The number of carbonyl (C=O) groups is 1. The third-order valence-electron chi connectivity index (χ3n) is 5.05. The fourth-order valence-corrected chi connectivity index (χ4v) is 4.76. The summed E-state index contributed by atoms with van der Waals surface area (Å²) in [5.74, 6) is 0.480. The van der Waals surface area contributed by atoms with Gasteiger partial charge in [0, 0.05) is 25.9 Å². The van der Waals surface area contributed by atoms with Gasteiger partial charge in [-0.1, -0.05) is 0 Å². The number of morpholine rings is 1. The van der Waals surface area contributed by atoms with E-state index in [0.29, 0.717) is 31.1 Å². The predicted octanol–water partition coefficient (Wildman–Crippen LogP) is 3.80. The first-order valence-corrected chi connectivity index (χ1v) is 11.8. The van der Waals surface area contributed by atoms with Gasteiger partial charge >= 0.3 is 0 Å². The number of anilines is 1. The van der Waals surface area contributed by atoms with Crippen LogP contribution in [0.5, 0.6) is 11.5 Å². The van der Waals surface area contributed by atoms with Gasteiger partial charge in [0.1, 0.15) is 17.3 Å². The summed E-state index contributed by atoms with van der Waals surface area (Å²) >= 11 is 0. The molecule has 33 heavy (non-hydrogen) atoms. The number of benzene rings is 2. The molecule has 10 heteroatoms. The van der Waals surface area contributed by atoms with Gasteiger partial charge in [-0.05, 0) is 54.6 Å². The van der Waals surface area contributed by atoms with Gasteiger partial charge in [0.05, 0.1) is 30.1 Å². The van der Waals surface area contributed by atoms with Crippen LogP contribution in [-0.4, -0.2) is 44.9 Å². The van der Waals surface area contributed by atoms with Crippen LogP contribution in [0.1, 0.15) is 12.2 Å². The van der Waals surface area contributed by atoms with Gasteiger partial charge in [0.15, 0.2) is 5.75 Å². The zero-order valence-corrected chi connectivity index (χ0v) is 18.5. The van der Waals surface area contributed by atoms with Crippen LogP contribution in [0.15, 0.2) is 70.2 Å². The fraction of sp³-hybridized carbons (Fsp3) is 0.261. The number of nitrogens with zero attached hydrogens (tertiary/aromatic N) is 1. The number of hydrogen-bond donors (Lipinski definition) is 1. The number of ether oxygens (including phenoxy) is 2. The molecule has 174 valence electrons. The van der Waals surface area contributed by atoms with Gasteiger partial charge in [-0.15, -0.1) is 0 Å². The van der Waals surface area contributed by atoms with Gasteiger partial charge < -0.3 is 19.2 Å². The molecule has 1 aliphatic heterocycles. The normalized spacial score (nSPS) is 14.7. The molecule has 1 saturated heterocycles. The molecule has 0 atom stereocenters. The second-order valence-corrected chi connectivity index (χ2v) is 9.30. The Labute approximate surface area is 191 Å². The Morgan fingerprint density at radius 3 is 2.55 bits per heavy atom. The fourth-order valence-electron chi connectivity index (χ4n) is 3.33. The monoisotopic (exact) mass is 474 g/mol. The predicted molar refractivity (Wildman–Crippen MR) is 118 cm³/mol. The van der Waals surface area contributed by atoms with E-state index in [1.165, 1.54) is 53.0 Å². The van der Waals surface area contributed by atoms with E-state index in [9.17, 15) is 17.6 Å². The smallest absolute Gasteiger partial charge is 0.243 e. The highest BCUT2D eigenvalue weighted by Gasteiger charge is 2.27. The van der Waals surface area contributed by atoms with Gasteiger partial charge in [0.2, 0.25) is 15.9 Å². The van der Waals surface area contributed by atoms with Crippen LogP contribution in [-0.2, 0) is 26.0 Å². The van der Waals surface area contributed by atoms with Gasteiger partial charge in [-0.25, -0.2) is 12.8 Å². The molecule has 0 radical (unpaired) electrons. The molecule has 0 spiro atoms. The molecule has 0 bridgehead atoms. The molecule has 1 aliphatic rings. The minimum atomic E-state index is -3.78. The van der Waals surface area contributed by atoms with Crippen molar-refractivity contribution in [2.45, 2.75) is 17.7 Å². The summed E-state index contributed by atoms with van der Waals surface area (Å²) in [6.45, 7) is 1.14. The highest BCUT2D eigenvalue weighted by atomic mass is 32.2. The van der Waals surface area contributed by atoms with Crippen LogP contribution in [0.25, 0.3) is 0 Å². The lowest BCUT2D eigenvalue weighted by molar-refractivity contribution is -0.116. The van der Waals surface area contributed by atoms with E-state index < -0.39 is 15.8 Å². The van der Waals surface area contributed by atoms with Crippen LogP contribution in [0, 0.1) is 5.82 Å². The maximum atomic E-state index is 13.2. The SMILES string of the molecule is O=C(CCc1ccco1)Nc1cc(S(=O)(=O)N2CCOCC2)ccc1Oc1ccc(F)cc1. The first-order valence-electron chi connectivity index (χ1n) is 10.4. The summed E-state index contributed by atoms with van der Waals surface area (Å²) in [5, 5.41) is 2.73. The second kappa shape index (κ2) is 10.2. The summed E-state index contributed by atoms with van der Waals surface area (Å²) in [6.07, 6.45) is 2.05. The van der Waals surface area contributed by atoms with E-state index in [0.717, 1.165) is 0 Å². The highest BCUT2D eigenvalue weighted by molar-refractivity contribution is 7.89. The lowest BCUT2D eigenvalue weighted by atomic mass is 10.2. The number of nitrogens with one attached hydrogen (secondary N) is 1. The molecule has 0 saturated carbocycles. The van der Waals surface area contributed by atoms with Crippen molar-refractivity contribution in [2.24, 2.45) is 0 Å². The number of carbonyl (C=O) groups excluding carboxylic acids is 1. The molecular weight excluding hydrogens is 451 g/mol. The molecule has 2 heterocycles. The van der Waals surface area contributed by atoms with E-state index in [2.05, 4.69) is 5.32 Å². The van der Waals surface area contributed by atoms with Crippen molar-refractivity contribution in [3.8, 4) is 11.5 Å². The second-order valence-electron chi connectivity index (χ2n) is 7.36. The van der Waals surface area contributed by atoms with Crippen molar-refractivity contribution in [2.75, 3.05) is 31.6 Å². The molecule has 0 unspecified atom stereocenters. The van der Waals surface area contributed by atoms with Crippen LogP contribution in [0.2, 0.25) is 0 Å².